The molecule has 4 aromatic rings. The lowest BCUT2D eigenvalue weighted by molar-refractivity contribution is 0.104. The Labute approximate surface area is 193 Å². The Bertz CT molecular complexity index is 1310. The molecule has 4 N–H and O–H groups in total. The van der Waals surface area contributed by atoms with Crippen molar-refractivity contribution in [1.29, 1.82) is 0 Å². The number of hydrogen-bond donors (Lipinski definition) is 3. The van der Waals surface area contributed by atoms with Gasteiger partial charge in [-0.05, 0) is 48.4 Å². The van der Waals surface area contributed by atoms with Crippen molar-refractivity contribution in [2.75, 3.05) is 16.4 Å². The number of rotatable bonds is 5. The summed E-state index contributed by atoms with van der Waals surface area (Å²) in [5.41, 5.74) is 9.38. The average Bonchev–Trinajstić information content (AvgIpc) is 3.16. The molecule has 4 rings (SSSR count). The fourth-order valence-corrected chi connectivity index (χ4v) is 3.66. The third kappa shape index (κ3) is 4.33. The highest BCUT2D eigenvalue weighted by Crippen LogP contribution is 2.27. The van der Waals surface area contributed by atoms with Gasteiger partial charge in [0.15, 0.2) is 11.6 Å². The van der Waals surface area contributed by atoms with E-state index < -0.39 is 6.03 Å². The van der Waals surface area contributed by atoms with E-state index >= 15 is 0 Å². The molecule has 2 aromatic carbocycles. The third-order valence-corrected chi connectivity index (χ3v) is 5.46. The lowest BCUT2D eigenvalue weighted by Crippen LogP contribution is -2.19. The minimum absolute atomic E-state index is 0.133. The van der Waals surface area contributed by atoms with Crippen molar-refractivity contribution in [3.05, 3.63) is 82.2 Å². The zero-order valence-corrected chi connectivity index (χ0v) is 19.1. The molecule has 32 heavy (non-hydrogen) atoms. The van der Waals surface area contributed by atoms with E-state index in [1.54, 1.807) is 47.0 Å². The van der Waals surface area contributed by atoms with E-state index in [4.69, 9.17) is 5.73 Å². The van der Waals surface area contributed by atoms with Crippen molar-refractivity contribution < 1.29 is 9.59 Å². The minimum atomic E-state index is -0.411. The third-order valence-electron chi connectivity index (χ3n) is 4.93. The summed E-state index contributed by atoms with van der Waals surface area (Å²) in [6.07, 6.45) is 1.37. The van der Waals surface area contributed by atoms with Gasteiger partial charge in [-0.15, -0.1) is 0 Å². The number of anilines is 3. The highest BCUT2D eigenvalue weighted by molar-refractivity contribution is 9.10. The molecular formula is C23H21BrN6O2. The van der Waals surface area contributed by atoms with Crippen LogP contribution in [-0.4, -0.2) is 26.4 Å². The number of aromatic nitrogens is 3. The van der Waals surface area contributed by atoms with E-state index in [1.165, 1.54) is 6.33 Å². The summed E-state index contributed by atoms with van der Waals surface area (Å²) in [7, 11) is 0. The first-order chi connectivity index (χ1) is 15.3. The number of urea groups is 1. The molecular weight excluding hydrogens is 472 g/mol. The molecule has 2 amide bonds. The normalized spacial score (nSPS) is 11.0. The fourth-order valence-electron chi connectivity index (χ4n) is 3.40. The van der Waals surface area contributed by atoms with Gasteiger partial charge in [-0.2, -0.15) is 5.10 Å². The van der Waals surface area contributed by atoms with Gasteiger partial charge < -0.3 is 16.4 Å². The van der Waals surface area contributed by atoms with Crippen LogP contribution >= 0.6 is 15.9 Å². The van der Waals surface area contributed by atoms with Crippen LogP contribution in [0.2, 0.25) is 0 Å². The number of halogens is 1. The number of nitrogens with two attached hydrogens (primary N) is 1. The fraction of sp³-hybridized carbons (Fsp3) is 0.130. The molecule has 0 unspecified atom stereocenters. The molecule has 0 fully saturated rings. The van der Waals surface area contributed by atoms with Gasteiger partial charge >= 0.3 is 6.03 Å². The number of nitrogen functional groups attached to an aromatic ring is 1. The molecule has 8 nitrogen and oxygen atoms in total. The van der Waals surface area contributed by atoms with E-state index in [2.05, 4.69) is 36.6 Å². The molecule has 0 aliphatic heterocycles. The summed E-state index contributed by atoms with van der Waals surface area (Å²) >= 11 is 3.36. The Morgan fingerprint density at radius 2 is 1.75 bits per heavy atom. The van der Waals surface area contributed by atoms with Gasteiger partial charge in [-0.3, -0.25) is 4.79 Å². The van der Waals surface area contributed by atoms with Crippen LogP contribution in [0.4, 0.5) is 22.0 Å². The molecule has 0 bridgehead atoms. The Morgan fingerprint density at radius 1 is 1.03 bits per heavy atom. The van der Waals surface area contributed by atoms with Crippen molar-refractivity contribution in [2.45, 2.75) is 19.8 Å². The summed E-state index contributed by atoms with van der Waals surface area (Å²) in [4.78, 5) is 29.8. The maximum absolute atomic E-state index is 13.4. The van der Waals surface area contributed by atoms with Crippen LogP contribution in [0, 0.1) is 0 Å². The Kier molecular flexibility index (Phi) is 5.91. The predicted octanol–water partition coefficient (Wildman–Crippen LogP) is 5.07. The van der Waals surface area contributed by atoms with Crippen molar-refractivity contribution in [2.24, 2.45) is 0 Å². The molecule has 0 aliphatic carbocycles. The highest BCUT2D eigenvalue weighted by Gasteiger charge is 2.22. The van der Waals surface area contributed by atoms with Gasteiger partial charge in [-0.25, -0.2) is 14.3 Å². The van der Waals surface area contributed by atoms with Gasteiger partial charge in [0.25, 0.3) is 0 Å². The van der Waals surface area contributed by atoms with Gasteiger partial charge in [0.2, 0.25) is 0 Å². The van der Waals surface area contributed by atoms with Crippen LogP contribution in [0.15, 0.2) is 65.4 Å². The van der Waals surface area contributed by atoms with Crippen LogP contribution in [0.25, 0.3) is 5.52 Å². The van der Waals surface area contributed by atoms with E-state index in [1.807, 2.05) is 26.0 Å². The molecule has 162 valence electrons. The molecule has 0 saturated carbocycles. The second-order valence-corrected chi connectivity index (χ2v) is 8.45. The molecule has 0 aliphatic rings. The zero-order chi connectivity index (χ0) is 22.8. The number of nitrogens with zero attached hydrogens (tertiary/aromatic N) is 3. The maximum atomic E-state index is 13.4. The van der Waals surface area contributed by atoms with E-state index in [0.717, 1.165) is 10.2 Å². The Hall–Kier alpha value is -3.72. The van der Waals surface area contributed by atoms with Gasteiger partial charge in [-0.1, -0.05) is 41.9 Å². The summed E-state index contributed by atoms with van der Waals surface area (Å²) in [6, 6.07) is 15.4. The van der Waals surface area contributed by atoms with Crippen molar-refractivity contribution >= 4 is 50.5 Å². The quantitative estimate of drug-likeness (QED) is 0.336. The largest absolute Gasteiger partial charge is 0.382 e. The number of fused-ring (bicyclic) bond motifs is 1. The minimum Gasteiger partial charge on any atom is -0.382 e. The average molecular weight is 493 g/mol. The number of nitrogens with one attached hydrogen (secondary N) is 2. The molecule has 0 spiro atoms. The van der Waals surface area contributed by atoms with Crippen LogP contribution in [0.1, 0.15) is 41.4 Å². The standard InChI is InChI=1S/C23H21BrN6O2/c1-13(2)19-11-18(20-22(25)26-12-27-30(19)20)21(31)14-4-3-5-17(10-14)29-23(32)28-16-8-6-15(24)7-9-16/h3-13H,1-2H3,(H2,25,26,27)(H2,28,29,32). The zero-order valence-electron chi connectivity index (χ0n) is 17.5. The number of ketones is 1. The first kappa shape index (κ1) is 21.5. The number of carbonyl (C=O) groups is 2. The van der Waals surface area contributed by atoms with E-state index in [-0.39, 0.29) is 17.5 Å². The molecule has 2 aromatic heterocycles. The van der Waals surface area contributed by atoms with Crippen molar-refractivity contribution in [3.63, 3.8) is 0 Å². The Morgan fingerprint density at radius 3 is 2.47 bits per heavy atom. The van der Waals surface area contributed by atoms with Crippen molar-refractivity contribution in [1.82, 2.24) is 14.6 Å². The summed E-state index contributed by atoms with van der Waals surface area (Å²) in [6.45, 7) is 4.03. The lowest BCUT2D eigenvalue weighted by atomic mass is 10.0. The SMILES string of the molecule is CC(C)c1cc(C(=O)c2cccc(NC(=O)Nc3ccc(Br)cc3)c2)c2c(N)ncnn12. The second-order valence-electron chi connectivity index (χ2n) is 7.54. The smallest absolute Gasteiger partial charge is 0.323 e. The second kappa shape index (κ2) is 8.80. The summed E-state index contributed by atoms with van der Waals surface area (Å²) in [5.74, 6) is 0.139. The number of carbonyl (C=O) groups excluding carboxylic acids is 2. The molecule has 0 radical (unpaired) electrons. The summed E-state index contributed by atoms with van der Waals surface area (Å²) < 4.78 is 2.58. The summed E-state index contributed by atoms with van der Waals surface area (Å²) in [5, 5.41) is 9.78. The molecule has 2 heterocycles. The molecule has 0 saturated heterocycles. The topological polar surface area (TPSA) is 114 Å². The maximum Gasteiger partial charge on any atom is 0.323 e. The van der Waals surface area contributed by atoms with Crippen LogP contribution in [0.5, 0.6) is 0 Å². The predicted molar refractivity (Wildman–Crippen MR) is 128 cm³/mol. The van der Waals surface area contributed by atoms with E-state index in [0.29, 0.717) is 28.0 Å². The number of amides is 2. The molecule has 9 heteroatoms. The van der Waals surface area contributed by atoms with E-state index in [9.17, 15) is 9.59 Å². The first-order valence-electron chi connectivity index (χ1n) is 9.94. The first-order valence-corrected chi connectivity index (χ1v) is 10.7. The van der Waals surface area contributed by atoms with Gasteiger partial charge in [0.1, 0.15) is 11.8 Å². The van der Waals surface area contributed by atoms with Crippen LogP contribution < -0.4 is 16.4 Å². The van der Waals surface area contributed by atoms with Gasteiger partial charge in [0.05, 0.1) is 5.56 Å². The van der Waals surface area contributed by atoms with Gasteiger partial charge in [0, 0.05) is 27.1 Å². The Balaban J connectivity index is 1.60. The highest BCUT2D eigenvalue weighted by atomic mass is 79.9. The van der Waals surface area contributed by atoms with Crippen LogP contribution in [0.3, 0.4) is 0 Å². The lowest BCUT2D eigenvalue weighted by Gasteiger charge is -2.09. The number of hydrogen-bond acceptors (Lipinski definition) is 5. The number of benzene rings is 2. The van der Waals surface area contributed by atoms with Crippen LogP contribution in [-0.2, 0) is 0 Å². The monoisotopic (exact) mass is 492 g/mol. The van der Waals surface area contributed by atoms with Crippen molar-refractivity contribution in [3.8, 4) is 0 Å². The molecule has 0 atom stereocenters.